The smallest absolute Gasteiger partial charge is 0.229 e. The Morgan fingerprint density at radius 2 is 2.19 bits per heavy atom. The minimum absolute atomic E-state index is 0.0849. The van der Waals surface area contributed by atoms with Gasteiger partial charge >= 0.3 is 0 Å². The Balaban J connectivity index is 2.76. The summed E-state index contributed by atoms with van der Waals surface area (Å²) in [6.07, 6.45) is 0.450. The van der Waals surface area contributed by atoms with Gasteiger partial charge in [-0.05, 0) is 18.6 Å². The Hall–Kier alpha value is -1.49. The fourth-order valence-electron chi connectivity index (χ4n) is 1.22. The quantitative estimate of drug-likeness (QED) is 0.828. The Morgan fingerprint density at radius 1 is 1.50 bits per heavy atom. The van der Waals surface area contributed by atoms with Crippen LogP contribution in [0.15, 0.2) is 18.2 Å². The van der Waals surface area contributed by atoms with E-state index >= 15 is 0 Å². The fourth-order valence-corrected chi connectivity index (χ4v) is 1.22. The van der Waals surface area contributed by atoms with Crippen molar-refractivity contribution in [3.8, 4) is 0 Å². The summed E-state index contributed by atoms with van der Waals surface area (Å²) < 4.78 is 25.7. The molecule has 0 aromatic heterocycles. The predicted molar refractivity (Wildman–Crippen MR) is 55.9 cm³/mol. The van der Waals surface area contributed by atoms with E-state index in [1.807, 2.05) is 0 Å². The van der Waals surface area contributed by atoms with E-state index in [0.29, 0.717) is 12.5 Å². The van der Waals surface area contributed by atoms with Gasteiger partial charge in [-0.2, -0.15) is 0 Å². The van der Waals surface area contributed by atoms with Crippen molar-refractivity contribution in [2.75, 3.05) is 11.9 Å². The molecule has 0 heterocycles. The van der Waals surface area contributed by atoms with Gasteiger partial charge < -0.3 is 10.4 Å². The van der Waals surface area contributed by atoms with Gasteiger partial charge in [-0.1, -0.05) is 6.92 Å². The van der Waals surface area contributed by atoms with Crippen molar-refractivity contribution in [3.05, 3.63) is 29.8 Å². The summed E-state index contributed by atoms with van der Waals surface area (Å²) in [7, 11) is 0. The van der Waals surface area contributed by atoms with Crippen LogP contribution in [0.2, 0.25) is 0 Å². The SMILES string of the molecule is CCC(CO)C(=O)Nc1ccc(F)cc1F. The molecule has 88 valence electrons. The van der Waals surface area contributed by atoms with E-state index in [1.165, 1.54) is 0 Å². The minimum Gasteiger partial charge on any atom is -0.396 e. The van der Waals surface area contributed by atoms with Gasteiger partial charge in [0.15, 0.2) is 0 Å². The molecule has 0 fully saturated rings. The molecule has 2 N–H and O–H groups in total. The lowest BCUT2D eigenvalue weighted by molar-refractivity contribution is -0.121. The first-order valence-corrected chi connectivity index (χ1v) is 4.95. The third kappa shape index (κ3) is 3.00. The van der Waals surface area contributed by atoms with Gasteiger partial charge in [0.1, 0.15) is 11.6 Å². The number of amides is 1. The van der Waals surface area contributed by atoms with Crippen LogP contribution >= 0.6 is 0 Å². The number of carbonyl (C=O) groups is 1. The lowest BCUT2D eigenvalue weighted by Crippen LogP contribution is -2.25. The van der Waals surface area contributed by atoms with Crippen LogP contribution in [0.4, 0.5) is 14.5 Å². The number of hydrogen-bond acceptors (Lipinski definition) is 2. The number of benzene rings is 1. The van der Waals surface area contributed by atoms with Gasteiger partial charge in [-0.3, -0.25) is 4.79 Å². The third-order valence-electron chi connectivity index (χ3n) is 2.27. The molecule has 0 saturated heterocycles. The van der Waals surface area contributed by atoms with Gasteiger partial charge in [-0.25, -0.2) is 8.78 Å². The van der Waals surface area contributed by atoms with Gasteiger partial charge in [-0.15, -0.1) is 0 Å². The molecule has 1 aromatic rings. The molecule has 0 radical (unpaired) electrons. The van der Waals surface area contributed by atoms with Crippen LogP contribution < -0.4 is 5.32 Å². The van der Waals surface area contributed by atoms with Crippen molar-refractivity contribution in [2.45, 2.75) is 13.3 Å². The number of anilines is 1. The molecule has 3 nitrogen and oxygen atoms in total. The molecule has 1 atom stereocenters. The molecule has 16 heavy (non-hydrogen) atoms. The first kappa shape index (κ1) is 12.6. The van der Waals surface area contributed by atoms with Crippen LogP contribution in [0.5, 0.6) is 0 Å². The summed E-state index contributed by atoms with van der Waals surface area (Å²) in [6, 6.07) is 2.89. The number of aliphatic hydroxyl groups is 1. The minimum atomic E-state index is -0.832. The summed E-state index contributed by atoms with van der Waals surface area (Å²) >= 11 is 0. The zero-order valence-electron chi connectivity index (χ0n) is 8.84. The van der Waals surface area contributed by atoms with Crippen LogP contribution in [0.25, 0.3) is 0 Å². The molecule has 1 aromatic carbocycles. The highest BCUT2D eigenvalue weighted by atomic mass is 19.1. The zero-order chi connectivity index (χ0) is 12.1. The lowest BCUT2D eigenvalue weighted by Gasteiger charge is -2.12. The zero-order valence-corrected chi connectivity index (χ0v) is 8.84. The molecule has 1 amide bonds. The number of halogens is 2. The Labute approximate surface area is 92.1 Å². The van der Waals surface area contributed by atoms with Crippen LogP contribution in [-0.4, -0.2) is 17.6 Å². The molecular formula is C11H13F2NO2. The molecule has 0 aliphatic heterocycles. The van der Waals surface area contributed by atoms with Crippen LogP contribution in [0, 0.1) is 17.6 Å². The first-order valence-electron chi connectivity index (χ1n) is 4.95. The van der Waals surface area contributed by atoms with E-state index in [1.54, 1.807) is 6.92 Å². The third-order valence-corrected chi connectivity index (χ3v) is 2.27. The highest BCUT2D eigenvalue weighted by Crippen LogP contribution is 2.16. The van der Waals surface area contributed by atoms with Crippen molar-refractivity contribution in [3.63, 3.8) is 0 Å². The first-order chi connectivity index (χ1) is 7.58. The summed E-state index contributed by atoms with van der Waals surface area (Å²) in [4.78, 5) is 11.5. The maximum Gasteiger partial charge on any atom is 0.229 e. The molecule has 0 aliphatic rings. The topological polar surface area (TPSA) is 49.3 Å². The van der Waals surface area contributed by atoms with Crippen molar-refractivity contribution in [2.24, 2.45) is 5.92 Å². The monoisotopic (exact) mass is 229 g/mol. The Morgan fingerprint density at radius 3 is 2.69 bits per heavy atom. The summed E-state index contributed by atoms with van der Waals surface area (Å²) in [6.45, 7) is 1.44. The fraction of sp³-hybridized carbons (Fsp3) is 0.364. The number of nitrogens with one attached hydrogen (secondary N) is 1. The van der Waals surface area contributed by atoms with E-state index in [-0.39, 0.29) is 12.3 Å². The Kier molecular flexibility index (Phi) is 4.37. The van der Waals surface area contributed by atoms with Crippen molar-refractivity contribution < 1.29 is 18.7 Å². The summed E-state index contributed by atoms with van der Waals surface area (Å²) in [5, 5.41) is 11.2. The highest BCUT2D eigenvalue weighted by molar-refractivity contribution is 5.92. The molecule has 0 spiro atoms. The largest absolute Gasteiger partial charge is 0.396 e. The lowest BCUT2D eigenvalue weighted by atomic mass is 10.1. The molecular weight excluding hydrogens is 216 g/mol. The van der Waals surface area contributed by atoms with E-state index in [2.05, 4.69) is 5.32 Å². The van der Waals surface area contributed by atoms with Crippen molar-refractivity contribution >= 4 is 11.6 Å². The van der Waals surface area contributed by atoms with Gasteiger partial charge in [0.2, 0.25) is 5.91 Å². The van der Waals surface area contributed by atoms with Crippen LogP contribution in [-0.2, 0) is 4.79 Å². The normalized spacial score (nSPS) is 12.2. The maximum atomic E-state index is 13.2. The van der Waals surface area contributed by atoms with E-state index < -0.39 is 23.5 Å². The Bertz CT molecular complexity index is 378. The maximum absolute atomic E-state index is 13.2. The van der Waals surface area contributed by atoms with Gasteiger partial charge in [0.25, 0.3) is 0 Å². The second-order valence-corrected chi connectivity index (χ2v) is 3.40. The van der Waals surface area contributed by atoms with E-state index in [9.17, 15) is 13.6 Å². The average molecular weight is 229 g/mol. The van der Waals surface area contributed by atoms with Crippen LogP contribution in [0.3, 0.4) is 0 Å². The van der Waals surface area contributed by atoms with Gasteiger partial charge in [0.05, 0.1) is 18.2 Å². The van der Waals surface area contributed by atoms with Crippen molar-refractivity contribution in [1.29, 1.82) is 0 Å². The van der Waals surface area contributed by atoms with Gasteiger partial charge in [0, 0.05) is 6.07 Å². The second kappa shape index (κ2) is 5.55. The molecule has 1 rings (SSSR count). The molecule has 1 unspecified atom stereocenters. The van der Waals surface area contributed by atoms with E-state index in [0.717, 1.165) is 12.1 Å². The highest BCUT2D eigenvalue weighted by Gasteiger charge is 2.16. The molecule has 5 heteroatoms. The van der Waals surface area contributed by atoms with Crippen LogP contribution in [0.1, 0.15) is 13.3 Å². The molecule has 0 bridgehead atoms. The number of hydrogen-bond donors (Lipinski definition) is 2. The number of aliphatic hydroxyl groups excluding tert-OH is 1. The summed E-state index contributed by atoms with van der Waals surface area (Å²) in [5.41, 5.74) is -0.0849. The predicted octanol–water partition coefficient (Wildman–Crippen LogP) is 1.92. The van der Waals surface area contributed by atoms with E-state index in [4.69, 9.17) is 5.11 Å². The number of rotatable bonds is 4. The standard InChI is InChI=1S/C11H13F2NO2/c1-2-7(6-15)11(16)14-10-4-3-8(12)5-9(10)13/h3-5,7,15H,2,6H2,1H3,(H,14,16). The average Bonchev–Trinajstić information content (AvgIpc) is 2.24. The second-order valence-electron chi connectivity index (χ2n) is 3.40. The summed E-state index contributed by atoms with van der Waals surface area (Å²) in [5.74, 6) is -2.59. The molecule has 0 saturated carbocycles. The number of carbonyl (C=O) groups excluding carboxylic acids is 1. The van der Waals surface area contributed by atoms with Crippen molar-refractivity contribution in [1.82, 2.24) is 0 Å². The molecule has 0 aliphatic carbocycles.